The third-order valence-electron chi connectivity index (χ3n) is 1.57. The maximum absolute atomic E-state index is 8.45. The number of aryl methyl sites for hydroxylation is 1. The van der Waals surface area contributed by atoms with Crippen LogP contribution in [-0.2, 0) is 6.42 Å². The minimum atomic E-state index is 0.499. The van der Waals surface area contributed by atoms with Crippen LogP contribution in [0.1, 0.15) is 11.1 Å². The Labute approximate surface area is 74.8 Å². The van der Waals surface area contributed by atoms with Crippen LogP contribution in [0.15, 0.2) is 22.7 Å². The summed E-state index contributed by atoms with van der Waals surface area (Å²) in [5.41, 5.74) is 2.27. The smallest absolute Gasteiger partial charge is 0.0669 e. The summed E-state index contributed by atoms with van der Waals surface area (Å²) in [4.78, 5) is 0. The largest absolute Gasteiger partial charge is 0.198 e. The van der Waals surface area contributed by atoms with Crippen molar-refractivity contribution < 1.29 is 0 Å². The maximum atomic E-state index is 8.45. The lowest BCUT2D eigenvalue weighted by Crippen LogP contribution is -1.85. The van der Waals surface area contributed by atoms with Crippen LogP contribution < -0.4 is 0 Å². The number of halogens is 1. The van der Waals surface area contributed by atoms with Gasteiger partial charge >= 0.3 is 0 Å². The minimum absolute atomic E-state index is 0.499. The first-order valence-corrected chi connectivity index (χ1v) is 4.15. The van der Waals surface area contributed by atoms with Gasteiger partial charge in [-0.3, -0.25) is 0 Å². The predicted molar refractivity (Wildman–Crippen MR) is 48.2 cm³/mol. The zero-order valence-electron chi connectivity index (χ0n) is 6.26. The van der Waals surface area contributed by atoms with Crippen molar-refractivity contribution in [2.24, 2.45) is 0 Å². The van der Waals surface area contributed by atoms with Crippen LogP contribution in [0.3, 0.4) is 0 Å². The molecule has 56 valence electrons. The van der Waals surface area contributed by atoms with E-state index >= 15 is 0 Å². The molecule has 11 heavy (non-hydrogen) atoms. The van der Waals surface area contributed by atoms with Crippen molar-refractivity contribution >= 4 is 15.9 Å². The fourth-order valence-corrected chi connectivity index (χ4v) is 1.42. The lowest BCUT2D eigenvalue weighted by molar-refractivity contribution is 1.21. The maximum Gasteiger partial charge on any atom is 0.0669 e. The third-order valence-corrected chi connectivity index (χ3v) is 2.07. The van der Waals surface area contributed by atoms with Gasteiger partial charge in [-0.05, 0) is 30.2 Å². The van der Waals surface area contributed by atoms with Crippen molar-refractivity contribution in [3.05, 3.63) is 33.8 Å². The first kappa shape index (κ1) is 8.29. The molecule has 1 rings (SSSR count). The van der Waals surface area contributed by atoms with Crippen molar-refractivity contribution in [2.75, 3.05) is 0 Å². The van der Waals surface area contributed by atoms with Crippen LogP contribution in [0.2, 0.25) is 0 Å². The Morgan fingerprint density at radius 2 is 2.27 bits per heavy atom. The summed E-state index contributed by atoms with van der Waals surface area (Å²) in [6.45, 7) is 2.01. The Bertz CT molecular complexity index is 299. The van der Waals surface area contributed by atoms with E-state index in [0.29, 0.717) is 6.42 Å². The van der Waals surface area contributed by atoms with E-state index in [2.05, 4.69) is 22.0 Å². The summed E-state index contributed by atoms with van der Waals surface area (Å²) in [6, 6.07) is 8.08. The van der Waals surface area contributed by atoms with Crippen molar-refractivity contribution in [3.63, 3.8) is 0 Å². The number of rotatable bonds is 1. The fourth-order valence-electron chi connectivity index (χ4n) is 0.943. The molecule has 0 aliphatic carbocycles. The lowest BCUT2D eigenvalue weighted by Gasteiger charge is -2.00. The van der Waals surface area contributed by atoms with E-state index in [9.17, 15) is 0 Å². The fraction of sp³-hybridized carbons (Fsp3) is 0.222. The average Bonchev–Trinajstić information content (AvgIpc) is 1.95. The second kappa shape index (κ2) is 3.54. The van der Waals surface area contributed by atoms with Crippen molar-refractivity contribution in [1.82, 2.24) is 0 Å². The second-order valence-electron chi connectivity index (χ2n) is 2.41. The number of hydrogen-bond acceptors (Lipinski definition) is 1. The van der Waals surface area contributed by atoms with Gasteiger partial charge in [0.15, 0.2) is 0 Å². The molecule has 1 nitrogen and oxygen atoms in total. The highest BCUT2D eigenvalue weighted by molar-refractivity contribution is 9.10. The molecule has 2 heteroatoms. The van der Waals surface area contributed by atoms with Crippen LogP contribution in [0.5, 0.6) is 0 Å². The van der Waals surface area contributed by atoms with Gasteiger partial charge in [0.05, 0.1) is 12.5 Å². The number of nitriles is 1. The third kappa shape index (κ3) is 2.06. The topological polar surface area (TPSA) is 23.8 Å². The summed E-state index contributed by atoms with van der Waals surface area (Å²) >= 11 is 3.36. The molecule has 0 fully saturated rings. The summed E-state index contributed by atoms with van der Waals surface area (Å²) in [7, 11) is 0. The van der Waals surface area contributed by atoms with E-state index in [4.69, 9.17) is 5.26 Å². The molecule has 0 atom stereocenters. The standard InChI is InChI=1S/C9H8BrN/c1-7-6-9(10)3-2-8(7)4-5-11/h2-3,6H,4H2,1H3. The van der Waals surface area contributed by atoms with Gasteiger partial charge < -0.3 is 0 Å². The highest BCUT2D eigenvalue weighted by Gasteiger charge is 1.96. The molecule has 1 aromatic carbocycles. The van der Waals surface area contributed by atoms with Gasteiger partial charge in [-0.25, -0.2) is 0 Å². The molecule has 0 unspecified atom stereocenters. The lowest BCUT2D eigenvalue weighted by atomic mass is 10.1. The zero-order valence-corrected chi connectivity index (χ0v) is 7.85. The van der Waals surface area contributed by atoms with E-state index in [-0.39, 0.29) is 0 Å². The number of benzene rings is 1. The number of nitrogens with zero attached hydrogens (tertiary/aromatic N) is 1. The van der Waals surface area contributed by atoms with Gasteiger partial charge in [-0.1, -0.05) is 22.0 Å². The summed E-state index contributed by atoms with van der Waals surface area (Å²) in [5, 5.41) is 8.45. The van der Waals surface area contributed by atoms with Gasteiger partial charge in [-0.2, -0.15) is 5.26 Å². The monoisotopic (exact) mass is 209 g/mol. The van der Waals surface area contributed by atoms with Gasteiger partial charge in [0.25, 0.3) is 0 Å². The molecule has 0 heterocycles. The van der Waals surface area contributed by atoms with E-state index in [1.54, 1.807) is 0 Å². The summed E-state index contributed by atoms with van der Waals surface area (Å²) in [6.07, 6.45) is 0.499. The van der Waals surface area contributed by atoms with Crippen LogP contribution >= 0.6 is 15.9 Å². The SMILES string of the molecule is Cc1cc(Br)ccc1CC#N. The second-order valence-corrected chi connectivity index (χ2v) is 3.32. The molecule has 0 aliphatic rings. The Kier molecular flexibility index (Phi) is 2.67. The van der Waals surface area contributed by atoms with Crippen LogP contribution in [0.25, 0.3) is 0 Å². The molecule has 0 saturated heterocycles. The Hall–Kier alpha value is -0.810. The van der Waals surface area contributed by atoms with Crippen molar-refractivity contribution in [1.29, 1.82) is 5.26 Å². The predicted octanol–water partition coefficient (Wildman–Crippen LogP) is 2.82. The molecule has 0 saturated carbocycles. The zero-order chi connectivity index (χ0) is 8.27. The number of hydrogen-bond donors (Lipinski definition) is 0. The Balaban J connectivity index is 3.01. The van der Waals surface area contributed by atoms with Gasteiger partial charge in [0, 0.05) is 4.47 Å². The molecular weight excluding hydrogens is 202 g/mol. The highest BCUT2D eigenvalue weighted by atomic mass is 79.9. The highest BCUT2D eigenvalue weighted by Crippen LogP contribution is 2.15. The van der Waals surface area contributed by atoms with Crippen LogP contribution in [0.4, 0.5) is 0 Å². The summed E-state index contributed by atoms with van der Waals surface area (Å²) in [5.74, 6) is 0. The Morgan fingerprint density at radius 3 is 2.82 bits per heavy atom. The molecule has 0 spiro atoms. The first-order chi connectivity index (χ1) is 5.24. The van der Waals surface area contributed by atoms with E-state index in [1.165, 1.54) is 5.56 Å². The molecule has 0 bridgehead atoms. The Morgan fingerprint density at radius 1 is 1.55 bits per heavy atom. The minimum Gasteiger partial charge on any atom is -0.198 e. The van der Waals surface area contributed by atoms with Gasteiger partial charge in [0.1, 0.15) is 0 Å². The van der Waals surface area contributed by atoms with Gasteiger partial charge in [-0.15, -0.1) is 0 Å². The van der Waals surface area contributed by atoms with E-state index in [1.807, 2.05) is 25.1 Å². The average molecular weight is 210 g/mol. The molecule has 0 aliphatic heterocycles. The molecule has 0 radical (unpaired) electrons. The first-order valence-electron chi connectivity index (χ1n) is 3.36. The molecule has 0 aromatic heterocycles. The van der Waals surface area contributed by atoms with E-state index in [0.717, 1.165) is 10.0 Å². The van der Waals surface area contributed by atoms with Crippen LogP contribution in [-0.4, -0.2) is 0 Å². The summed E-state index contributed by atoms with van der Waals surface area (Å²) < 4.78 is 1.07. The quantitative estimate of drug-likeness (QED) is 0.699. The van der Waals surface area contributed by atoms with Crippen molar-refractivity contribution in [3.8, 4) is 6.07 Å². The molecule has 0 amide bonds. The molecular formula is C9H8BrN. The molecule has 0 N–H and O–H groups in total. The van der Waals surface area contributed by atoms with E-state index < -0.39 is 0 Å². The van der Waals surface area contributed by atoms with Crippen molar-refractivity contribution in [2.45, 2.75) is 13.3 Å². The van der Waals surface area contributed by atoms with Crippen LogP contribution in [0, 0.1) is 18.3 Å². The van der Waals surface area contributed by atoms with Gasteiger partial charge in [0.2, 0.25) is 0 Å². The normalized spacial score (nSPS) is 9.18. The molecule has 1 aromatic rings.